The van der Waals surface area contributed by atoms with Gasteiger partial charge in [-0.2, -0.15) is 0 Å². The average Bonchev–Trinajstić information content (AvgIpc) is 2.45. The molecule has 0 fully saturated rings. The molecule has 1 unspecified atom stereocenters. The maximum atomic E-state index is 11.9. The van der Waals surface area contributed by atoms with E-state index in [4.69, 9.17) is 10.5 Å². The minimum Gasteiger partial charge on any atom is -0.484 e. The standard InChI is InChI=1S/C16H26N2O2/c1-5-13-6-8-14(9-7-13)20-10-15(19)18-16(4,11-17)12(2)3/h6-9,12H,5,10-11,17H2,1-4H3,(H,18,19). The molecular weight excluding hydrogens is 252 g/mol. The number of nitrogens with one attached hydrogen (secondary N) is 1. The molecule has 0 saturated carbocycles. The van der Waals surface area contributed by atoms with E-state index in [0.29, 0.717) is 12.3 Å². The maximum absolute atomic E-state index is 11.9. The lowest BCUT2D eigenvalue weighted by atomic mass is 9.88. The quantitative estimate of drug-likeness (QED) is 0.803. The number of amides is 1. The zero-order valence-electron chi connectivity index (χ0n) is 12.9. The Morgan fingerprint density at radius 1 is 1.35 bits per heavy atom. The molecule has 0 saturated heterocycles. The van der Waals surface area contributed by atoms with Gasteiger partial charge in [-0.1, -0.05) is 32.9 Å². The lowest BCUT2D eigenvalue weighted by molar-refractivity contribution is -0.125. The van der Waals surface area contributed by atoms with Crippen molar-refractivity contribution in [1.29, 1.82) is 0 Å². The summed E-state index contributed by atoms with van der Waals surface area (Å²) in [5.74, 6) is 0.822. The van der Waals surface area contributed by atoms with Crippen LogP contribution in [0.3, 0.4) is 0 Å². The molecule has 0 aromatic heterocycles. The van der Waals surface area contributed by atoms with Crippen LogP contribution in [0.5, 0.6) is 5.75 Å². The van der Waals surface area contributed by atoms with Gasteiger partial charge in [0.1, 0.15) is 5.75 Å². The summed E-state index contributed by atoms with van der Waals surface area (Å²) in [4.78, 5) is 11.9. The molecule has 1 aromatic rings. The fourth-order valence-electron chi connectivity index (χ4n) is 1.76. The van der Waals surface area contributed by atoms with E-state index in [2.05, 4.69) is 12.2 Å². The third-order valence-corrected chi connectivity index (χ3v) is 3.82. The molecule has 0 radical (unpaired) electrons. The SMILES string of the molecule is CCc1ccc(OCC(=O)NC(C)(CN)C(C)C)cc1. The molecule has 0 aliphatic heterocycles. The van der Waals surface area contributed by atoms with Crippen LogP contribution in [0, 0.1) is 5.92 Å². The molecule has 3 N–H and O–H groups in total. The summed E-state index contributed by atoms with van der Waals surface area (Å²) in [6.45, 7) is 8.54. The van der Waals surface area contributed by atoms with Crippen molar-refractivity contribution in [1.82, 2.24) is 5.32 Å². The highest BCUT2D eigenvalue weighted by molar-refractivity contribution is 5.78. The number of benzene rings is 1. The molecular formula is C16H26N2O2. The number of rotatable bonds is 7. The molecule has 0 aliphatic carbocycles. The Morgan fingerprint density at radius 2 is 1.95 bits per heavy atom. The minimum atomic E-state index is -0.396. The van der Waals surface area contributed by atoms with Gasteiger partial charge in [0.2, 0.25) is 0 Å². The Labute approximate surface area is 121 Å². The van der Waals surface area contributed by atoms with Crippen LogP contribution in [0.15, 0.2) is 24.3 Å². The second kappa shape index (κ2) is 7.29. The zero-order valence-corrected chi connectivity index (χ0v) is 12.9. The molecule has 1 atom stereocenters. The smallest absolute Gasteiger partial charge is 0.258 e. The highest BCUT2D eigenvalue weighted by atomic mass is 16.5. The van der Waals surface area contributed by atoms with Crippen LogP contribution >= 0.6 is 0 Å². The Bertz CT molecular complexity index is 429. The number of carbonyl (C=O) groups excluding carboxylic acids is 1. The molecule has 0 heterocycles. The first-order valence-corrected chi connectivity index (χ1v) is 7.14. The zero-order chi connectivity index (χ0) is 15.2. The molecule has 1 rings (SSSR count). The fourth-order valence-corrected chi connectivity index (χ4v) is 1.76. The molecule has 0 spiro atoms. The number of nitrogens with two attached hydrogens (primary N) is 1. The third kappa shape index (κ3) is 4.53. The first-order valence-electron chi connectivity index (χ1n) is 7.14. The van der Waals surface area contributed by atoms with Gasteiger partial charge in [-0.05, 0) is 37.0 Å². The number of hydrogen-bond donors (Lipinski definition) is 2. The van der Waals surface area contributed by atoms with Crippen LogP contribution in [0.1, 0.15) is 33.3 Å². The minimum absolute atomic E-state index is 0.00772. The van der Waals surface area contributed by atoms with Gasteiger partial charge >= 0.3 is 0 Å². The molecule has 4 heteroatoms. The van der Waals surface area contributed by atoms with Crippen molar-refractivity contribution in [2.24, 2.45) is 11.7 Å². The van der Waals surface area contributed by atoms with Crippen LogP contribution in [-0.4, -0.2) is 24.6 Å². The third-order valence-electron chi connectivity index (χ3n) is 3.82. The molecule has 0 aliphatic rings. The van der Waals surface area contributed by atoms with E-state index in [1.54, 1.807) is 0 Å². The van der Waals surface area contributed by atoms with E-state index in [-0.39, 0.29) is 18.4 Å². The van der Waals surface area contributed by atoms with Crippen molar-refractivity contribution in [3.8, 4) is 5.75 Å². The predicted molar refractivity (Wildman–Crippen MR) is 81.8 cm³/mol. The number of aryl methyl sites for hydroxylation is 1. The average molecular weight is 278 g/mol. The second-order valence-corrected chi connectivity index (χ2v) is 5.61. The van der Waals surface area contributed by atoms with Crippen molar-refractivity contribution in [3.05, 3.63) is 29.8 Å². The molecule has 0 bridgehead atoms. The van der Waals surface area contributed by atoms with Gasteiger partial charge in [0.15, 0.2) is 6.61 Å². The van der Waals surface area contributed by atoms with Gasteiger partial charge < -0.3 is 15.8 Å². The van der Waals surface area contributed by atoms with E-state index in [9.17, 15) is 4.79 Å². The van der Waals surface area contributed by atoms with Crippen molar-refractivity contribution in [3.63, 3.8) is 0 Å². The number of hydrogen-bond acceptors (Lipinski definition) is 3. The molecule has 20 heavy (non-hydrogen) atoms. The Morgan fingerprint density at radius 3 is 2.40 bits per heavy atom. The summed E-state index contributed by atoms with van der Waals surface area (Å²) in [6, 6.07) is 7.78. The van der Waals surface area contributed by atoms with Gasteiger partial charge in [-0.3, -0.25) is 4.79 Å². The number of carbonyl (C=O) groups is 1. The first kappa shape index (κ1) is 16.5. The van der Waals surface area contributed by atoms with E-state index in [1.807, 2.05) is 45.0 Å². The van der Waals surface area contributed by atoms with E-state index in [1.165, 1.54) is 5.56 Å². The van der Waals surface area contributed by atoms with Crippen LogP contribution in [0.2, 0.25) is 0 Å². The topological polar surface area (TPSA) is 64.3 Å². The monoisotopic (exact) mass is 278 g/mol. The van der Waals surface area contributed by atoms with Gasteiger partial charge in [-0.15, -0.1) is 0 Å². The first-order chi connectivity index (χ1) is 9.41. The van der Waals surface area contributed by atoms with Gasteiger partial charge in [0, 0.05) is 6.54 Å². The van der Waals surface area contributed by atoms with Crippen molar-refractivity contribution >= 4 is 5.91 Å². The van der Waals surface area contributed by atoms with Gasteiger partial charge in [0.05, 0.1) is 5.54 Å². The predicted octanol–water partition coefficient (Wildman–Crippen LogP) is 2.12. The van der Waals surface area contributed by atoms with Crippen LogP contribution in [-0.2, 0) is 11.2 Å². The van der Waals surface area contributed by atoms with Crippen molar-refractivity contribution in [2.75, 3.05) is 13.2 Å². The van der Waals surface area contributed by atoms with Crippen molar-refractivity contribution < 1.29 is 9.53 Å². The summed E-state index contributed by atoms with van der Waals surface area (Å²) in [6.07, 6.45) is 0.990. The normalized spacial score (nSPS) is 13.9. The highest BCUT2D eigenvalue weighted by Crippen LogP contribution is 2.15. The lowest BCUT2D eigenvalue weighted by Gasteiger charge is -2.33. The summed E-state index contributed by atoms with van der Waals surface area (Å²) in [5.41, 5.74) is 6.59. The number of ether oxygens (including phenoxy) is 1. The largest absolute Gasteiger partial charge is 0.484 e. The van der Waals surface area contributed by atoms with Crippen LogP contribution < -0.4 is 15.8 Å². The van der Waals surface area contributed by atoms with Crippen LogP contribution in [0.4, 0.5) is 0 Å². The highest BCUT2D eigenvalue weighted by Gasteiger charge is 2.28. The molecule has 1 aromatic carbocycles. The Kier molecular flexibility index (Phi) is 6.02. The summed E-state index contributed by atoms with van der Waals surface area (Å²) in [7, 11) is 0. The van der Waals surface area contributed by atoms with E-state index < -0.39 is 5.54 Å². The van der Waals surface area contributed by atoms with Crippen LogP contribution in [0.25, 0.3) is 0 Å². The maximum Gasteiger partial charge on any atom is 0.258 e. The molecule has 112 valence electrons. The summed E-state index contributed by atoms with van der Waals surface area (Å²) in [5, 5.41) is 2.95. The van der Waals surface area contributed by atoms with Crippen molar-refractivity contribution in [2.45, 2.75) is 39.7 Å². The van der Waals surface area contributed by atoms with E-state index >= 15 is 0 Å². The second-order valence-electron chi connectivity index (χ2n) is 5.61. The van der Waals surface area contributed by atoms with Gasteiger partial charge in [-0.25, -0.2) is 0 Å². The lowest BCUT2D eigenvalue weighted by Crippen LogP contribution is -2.56. The Hall–Kier alpha value is -1.55. The molecule has 4 nitrogen and oxygen atoms in total. The Balaban J connectivity index is 2.50. The van der Waals surface area contributed by atoms with Gasteiger partial charge in [0.25, 0.3) is 5.91 Å². The molecule has 1 amide bonds. The fraction of sp³-hybridized carbons (Fsp3) is 0.562. The summed E-state index contributed by atoms with van der Waals surface area (Å²) >= 11 is 0. The summed E-state index contributed by atoms with van der Waals surface area (Å²) < 4.78 is 5.48. The van der Waals surface area contributed by atoms with E-state index in [0.717, 1.165) is 6.42 Å².